The molecule has 0 saturated carbocycles. The molecule has 0 saturated heterocycles. The van der Waals surface area contributed by atoms with Crippen LogP contribution in [0, 0.1) is 0 Å². The summed E-state index contributed by atoms with van der Waals surface area (Å²) in [4.78, 5) is 0. The molecule has 0 spiro atoms. The van der Waals surface area contributed by atoms with E-state index in [4.69, 9.17) is 5.73 Å². The number of hydrogen-bond acceptors (Lipinski definition) is 2. The Morgan fingerprint density at radius 1 is 0.944 bits per heavy atom. The molecule has 0 unspecified atom stereocenters. The normalized spacial score (nSPS) is 12.3. The van der Waals surface area contributed by atoms with Crippen LogP contribution in [0.3, 0.4) is 0 Å². The number of rotatable bonds is 5. The van der Waals surface area contributed by atoms with Crippen LogP contribution in [0.4, 0.5) is 0 Å². The molecule has 0 aliphatic heterocycles. The van der Waals surface area contributed by atoms with Crippen molar-refractivity contribution in [2.75, 3.05) is 13.1 Å². The van der Waals surface area contributed by atoms with Crippen molar-refractivity contribution in [1.29, 1.82) is 0 Å². The molecule has 0 radical (unpaired) electrons. The van der Waals surface area contributed by atoms with Crippen LogP contribution in [-0.4, -0.2) is 13.1 Å². The number of nitrogens with one attached hydrogen (secondary N) is 1. The van der Waals surface area contributed by atoms with E-state index in [1.54, 1.807) is 0 Å². The highest BCUT2D eigenvalue weighted by Crippen LogP contribution is 2.23. The highest BCUT2D eigenvalue weighted by molar-refractivity contribution is 9.10. The van der Waals surface area contributed by atoms with E-state index in [9.17, 15) is 0 Å². The summed E-state index contributed by atoms with van der Waals surface area (Å²) in [6, 6.07) is 19.0. The zero-order valence-corrected chi connectivity index (χ0v) is 11.7. The Kier molecular flexibility index (Phi) is 4.93. The molecule has 1 atom stereocenters. The van der Waals surface area contributed by atoms with Gasteiger partial charge in [-0.2, -0.15) is 0 Å². The Labute approximate surface area is 116 Å². The molecule has 3 N–H and O–H groups in total. The molecule has 94 valence electrons. The van der Waals surface area contributed by atoms with Crippen molar-refractivity contribution in [1.82, 2.24) is 5.32 Å². The Hall–Kier alpha value is -1.16. The Bertz CT molecular complexity index is 468. The van der Waals surface area contributed by atoms with Crippen LogP contribution in [0.25, 0.3) is 0 Å². The van der Waals surface area contributed by atoms with Gasteiger partial charge in [-0.3, -0.25) is 0 Å². The fourth-order valence-corrected chi connectivity index (χ4v) is 2.22. The first-order chi connectivity index (χ1) is 8.81. The molecule has 0 heterocycles. The summed E-state index contributed by atoms with van der Waals surface area (Å²) in [7, 11) is 0. The smallest absolute Gasteiger partial charge is 0.0577 e. The summed E-state index contributed by atoms with van der Waals surface area (Å²) in [5.41, 5.74) is 8.09. The van der Waals surface area contributed by atoms with Gasteiger partial charge in [0, 0.05) is 17.6 Å². The number of benzene rings is 2. The first-order valence-electron chi connectivity index (χ1n) is 6.05. The van der Waals surface area contributed by atoms with Crippen LogP contribution in [0.2, 0.25) is 0 Å². The van der Waals surface area contributed by atoms with Crippen LogP contribution in [0.5, 0.6) is 0 Å². The Morgan fingerprint density at radius 2 is 1.56 bits per heavy atom. The second-order valence-corrected chi connectivity index (χ2v) is 5.05. The average molecular weight is 305 g/mol. The number of nitrogens with two attached hydrogens (primary N) is 1. The molecular formula is C15H17BrN2. The first-order valence-corrected chi connectivity index (χ1v) is 6.84. The second-order valence-electron chi connectivity index (χ2n) is 4.14. The second kappa shape index (κ2) is 6.69. The van der Waals surface area contributed by atoms with E-state index in [0.29, 0.717) is 6.54 Å². The van der Waals surface area contributed by atoms with Crippen molar-refractivity contribution in [3.8, 4) is 0 Å². The third-order valence-corrected chi connectivity index (χ3v) is 3.36. The van der Waals surface area contributed by atoms with E-state index in [1.165, 1.54) is 11.1 Å². The van der Waals surface area contributed by atoms with Crippen molar-refractivity contribution < 1.29 is 0 Å². The fourth-order valence-electron chi connectivity index (χ4n) is 1.96. The van der Waals surface area contributed by atoms with Gasteiger partial charge in [-0.25, -0.2) is 0 Å². The van der Waals surface area contributed by atoms with Gasteiger partial charge in [0.2, 0.25) is 0 Å². The largest absolute Gasteiger partial charge is 0.329 e. The minimum absolute atomic E-state index is 0.197. The van der Waals surface area contributed by atoms with Gasteiger partial charge in [-0.05, 0) is 23.3 Å². The van der Waals surface area contributed by atoms with Gasteiger partial charge in [0.25, 0.3) is 0 Å². The van der Waals surface area contributed by atoms with E-state index in [-0.39, 0.29) is 6.04 Å². The summed E-state index contributed by atoms with van der Waals surface area (Å²) in [5.74, 6) is 0. The molecule has 2 rings (SSSR count). The van der Waals surface area contributed by atoms with Crippen molar-refractivity contribution >= 4 is 15.9 Å². The minimum atomic E-state index is 0.197. The highest BCUT2D eigenvalue weighted by atomic mass is 79.9. The van der Waals surface area contributed by atoms with Gasteiger partial charge < -0.3 is 11.1 Å². The van der Waals surface area contributed by atoms with Crippen LogP contribution < -0.4 is 11.1 Å². The minimum Gasteiger partial charge on any atom is -0.329 e. The fraction of sp³-hybridized carbons (Fsp3) is 0.200. The Balaban J connectivity index is 2.27. The molecule has 0 aliphatic rings. The molecule has 2 aromatic carbocycles. The molecule has 0 aliphatic carbocycles. The maximum absolute atomic E-state index is 5.59. The van der Waals surface area contributed by atoms with E-state index in [1.807, 2.05) is 6.07 Å². The molecule has 0 fully saturated rings. The average Bonchev–Trinajstić information content (AvgIpc) is 2.42. The van der Waals surface area contributed by atoms with Gasteiger partial charge in [0.15, 0.2) is 0 Å². The first kappa shape index (κ1) is 13.3. The molecule has 18 heavy (non-hydrogen) atoms. The summed E-state index contributed by atoms with van der Waals surface area (Å²) in [6.45, 7) is 1.44. The van der Waals surface area contributed by atoms with E-state index in [0.717, 1.165) is 11.0 Å². The Morgan fingerprint density at radius 3 is 2.17 bits per heavy atom. The molecule has 0 aromatic heterocycles. The van der Waals surface area contributed by atoms with E-state index >= 15 is 0 Å². The van der Waals surface area contributed by atoms with Gasteiger partial charge in [0.1, 0.15) is 0 Å². The standard InChI is InChI=1S/C15H17BrN2/c16-14-8-6-13(7-9-14)15(18-11-10-17)12-4-2-1-3-5-12/h1-9,15,18H,10-11,17H2/t15-/m0/s1. The maximum Gasteiger partial charge on any atom is 0.0577 e. The van der Waals surface area contributed by atoms with Crippen molar-refractivity contribution in [2.24, 2.45) is 5.73 Å². The van der Waals surface area contributed by atoms with Crippen molar-refractivity contribution in [2.45, 2.75) is 6.04 Å². The molecule has 0 bridgehead atoms. The van der Waals surface area contributed by atoms with Crippen LogP contribution in [0.15, 0.2) is 59.1 Å². The monoisotopic (exact) mass is 304 g/mol. The number of hydrogen-bond donors (Lipinski definition) is 2. The quantitative estimate of drug-likeness (QED) is 0.891. The van der Waals surface area contributed by atoms with Gasteiger partial charge in [-0.1, -0.05) is 58.4 Å². The van der Waals surface area contributed by atoms with Gasteiger partial charge >= 0.3 is 0 Å². The summed E-state index contributed by atoms with van der Waals surface area (Å²) in [5, 5.41) is 3.48. The van der Waals surface area contributed by atoms with Crippen LogP contribution in [0.1, 0.15) is 17.2 Å². The summed E-state index contributed by atoms with van der Waals surface area (Å²) in [6.07, 6.45) is 0. The van der Waals surface area contributed by atoms with Crippen molar-refractivity contribution in [3.63, 3.8) is 0 Å². The lowest BCUT2D eigenvalue weighted by Crippen LogP contribution is -2.27. The molecule has 3 heteroatoms. The lowest BCUT2D eigenvalue weighted by molar-refractivity contribution is 0.612. The third-order valence-electron chi connectivity index (χ3n) is 2.83. The molecule has 2 aromatic rings. The van der Waals surface area contributed by atoms with E-state index < -0.39 is 0 Å². The highest BCUT2D eigenvalue weighted by Gasteiger charge is 2.12. The van der Waals surface area contributed by atoms with Gasteiger partial charge in [-0.15, -0.1) is 0 Å². The van der Waals surface area contributed by atoms with Crippen molar-refractivity contribution in [3.05, 3.63) is 70.2 Å². The zero-order chi connectivity index (χ0) is 12.8. The SMILES string of the molecule is NCCN[C@@H](c1ccccc1)c1ccc(Br)cc1. The molecular weight excluding hydrogens is 288 g/mol. The van der Waals surface area contributed by atoms with Crippen LogP contribution in [-0.2, 0) is 0 Å². The van der Waals surface area contributed by atoms with E-state index in [2.05, 4.69) is 69.8 Å². The summed E-state index contributed by atoms with van der Waals surface area (Å²) >= 11 is 3.46. The third kappa shape index (κ3) is 3.42. The number of halogens is 1. The maximum atomic E-state index is 5.59. The topological polar surface area (TPSA) is 38.0 Å². The lowest BCUT2D eigenvalue weighted by atomic mass is 9.99. The molecule has 2 nitrogen and oxygen atoms in total. The zero-order valence-electron chi connectivity index (χ0n) is 10.1. The lowest BCUT2D eigenvalue weighted by Gasteiger charge is -2.19. The predicted molar refractivity (Wildman–Crippen MR) is 79.5 cm³/mol. The summed E-state index contributed by atoms with van der Waals surface area (Å²) < 4.78 is 1.09. The van der Waals surface area contributed by atoms with Gasteiger partial charge in [0.05, 0.1) is 6.04 Å². The van der Waals surface area contributed by atoms with Crippen LogP contribution >= 0.6 is 15.9 Å². The molecule has 0 amide bonds. The predicted octanol–water partition coefficient (Wildman–Crippen LogP) is 3.09.